The van der Waals surface area contributed by atoms with Crippen LogP contribution in [-0.2, 0) is 18.0 Å². The molecule has 0 atom stereocenters. The number of hydrogen-bond acceptors (Lipinski definition) is 3. The quantitative estimate of drug-likeness (QED) is 0.615. The van der Waals surface area contributed by atoms with Crippen molar-refractivity contribution in [1.29, 1.82) is 0 Å². The molecule has 0 heterocycles. The van der Waals surface area contributed by atoms with E-state index in [9.17, 15) is 0 Å². The summed E-state index contributed by atoms with van der Waals surface area (Å²) in [6, 6.07) is 18.1. The van der Waals surface area contributed by atoms with E-state index in [4.69, 9.17) is 9.57 Å². The molecule has 2 aromatic rings. The zero-order chi connectivity index (χ0) is 14.2. The molecule has 0 bridgehead atoms. The van der Waals surface area contributed by atoms with Gasteiger partial charge in [0.1, 0.15) is 5.75 Å². The van der Waals surface area contributed by atoms with Gasteiger partial charge in [-0.05, 0) is 37.1 Å². The first-order valence-electron chi connectivity index (χ1n) is 6.88. The molecule has 0 saturated carbocycles. The lowest BCUT2D eigenvalue weighted by Gasteiger charge is -2.11. The van der Waals surface area contributed by atoms with E-state index < -0.39 is 0 Å². The average molecular weight is 271 g/mol. The lowest BCUT2D eigenvalue weighted by Crippen LogP contribution is -2.14. The van der Waals surface area contributed by atoms with Crippen molar-refractivity contribution < 1.29 is 9.57 Å². The van der Waals surface area contributed by atoms with Crippen molar-refractivity contribution in [3.05, 3.63) is 65.7 Å². The Labute approximate surface area is 120 Å². The molecule has 3 heteroatoms. The van der Waals surface area contributed by atoms with Crippen LogP contribution in [0.3, 0.4) is 0 Å². The molecular formula is C17H21NO2. The second kappa shape index (κ2) is 7.68. The van der Waals surface area contributed by atoms with E-state index in [1.54, 1.807) is 0 Å². The standard InChI is InChI=1S/C17H21NO2/c1-14(2)20-17-10-6-9-16(11-17)12-18-19-13-15-7-4-3-5-8-15/h3-11,14,18H,12-13H2,1-2H3. The van der Waals surface area contributed by atoms with Crippen molar-refractivity contribution in [2.24, 2.45) is 0 Å². The van der Waals surface area contributed by atoms with Gasteiger partial charge < -0.3 is 4.74 Å². The van der Waals surface area contributed by atoms with E-state index >= 15 is 0 Å². The van der Waals surface area contributed by atoms with Gasteiger partial charge in [-0.2, -0.15) is 5.48 Å². The van der Waals surface area contributed by atoms with E-state index in [1.165, 1.54) is 0 Å². The van der Waals surface area contributed by atoms with Crippen LogP contribution in [0.2, 0.25) is 0 Å². The third-order valence-electron chi connectivity index (χ3n) is 2.73. The number of ether oxygens (including phenoxy) is 1. The summed E-state index contributed by atoms with van der Waals surface area (Å²) in [5, 5.41) is 0. The fraction of sp³-hybridized carbons (Fsp3) is 0.294. The predicted octanol–water partition coefficient (Wildman–Crippen LogP) is 3.70. The van der Waals surface area contributed by atoms with Gasteiger partial charge in [-0.25, -0.2) is 0 Å². The van der Waals surface area contributed by atoms with E-state index in [0.29, 0.717) is 13.2 Å². The molecule has 0 aromatic heterocycles. The predicted molar refractivity (Wildman–Crippen MR) is 80.3 cm³/mol. The van der Waals surface area contributed by atoms with Crippen molar-refractivity contribution >= 4 is 0 Å². The van der Waals surface area contributed by atoms with Gasteiger partial charge in [0.05, 0.1) is 12.7 Å². The molecule has 2 rings (SSSR count). The first kappa shape index (κ1) is 14.6. The van der Waals surface area contributed by atoms with Crippen molar-refractivity contribution in [2.45, 2.75) is 33.1 Å². The van der Waals surface area contributed by atoms with Crippen LogP contribution in [0.15, 0.2) is 54.6 Å². The highest BCUT2D eigenvalue weighted by Gasteiger charge is 1.99. The minimum atomic E-state index is 0.188. The number of hydrogen-bond donors (Lipinski definition) is 1. The molecular weight excluding hydrogens is 250 g/mol. The molecule has 0 radical (unpaired) electrons. The molecule has 106 valence electrons. The van der Waals surface area contributed by atoms with Gasteiger partial charge >= 0.3 is 0 Å². The fourth-order valence-electron chi connectivity index (χ4n) is 1.84. The largest absolute Gasteiger partial charge is 0.491 e. The van der Waals surface area contributed by atoms with Gasteiger partial charge in [0.2, 0.25) is 0 Å². The lowest BCUT2D eigenvalue weighted by atomic mass is 10.2. The SMILES string of the molecule is CC(C)Oc1cccc(CNOCc2ccccc2)c1. The summed E-state index contributed by atoms with van der Waals surface area (Å²) in [5.41, 5.74) is 5.26. The summed E-state index contributed by atoms with van der Waals surface area (Å²) in [7, 11) is 0. The smallest absolute Gasteiger partial charge is 0.120 e. The zero-order valence-corrected chi connectivity index (χ0v) is 12.0. The average Bonchev–Trinajstić information content (AvgIpc) is 2.44. The number of rotatable bonds is 7. The summed E-state index contributed by atoms with van der Waals surface area (Å²) < 4.78 is 5.66. The summed E-state index contributed by atoms with van der Waals surface area (Å²) in [6.07, 6.45) is 0.188. The second-order valence-corrected chi connectivity index (χ2v) is 4.91. The fourth-order valence-corrected chi connectivity index (χ4v) is 1.84. The molecule has 0 aliphatic rings. The maximum atomic E-state index is 5.66. The van der Waals surface area contributed by atoms with Crippen LogP contribution in [0.25, 0.3) is 0 Å². The van der Waals surface area contributed by atoms with Crippen LogP contribution in [0, 0.1) is 0 Å². The summed E-state index contributed by atoms with van der Waals surface area (Å²) in [4.78, 5) is 5.45. The maximum absolute atomic E-state index is 5.66. The Bertz CT molecular complexity index is 511. The Balaban J connectivity index is 1.76. The van der Waals surface area contributed by atoms with E-state index in [2.05, 4.69) is 5.48 Å². The van der Waals surface area contributed by atoms with Crippen LogP contribution in [0.4, 0.5) is 0 Å². The van der Waals surface area contributed by atoms with E-state index in [0.717, 1.165) is 16.9 Å². The molecule has 20 heavy (non-hydrogen) atoms. The normalized spacial score (nSPS) is 10.8. The van der Waals surface area contributed by atoms with Crippen molar-refractivity contribution in [2.75, 3.05) is 0 Å². The van der Waals surface area contributed by atoms with Gasteiger partial charge in [0, 0.05) is 6.54 Å². The minimum Gasteiger partial charge on any atom is -0.491 e. The third kappa shape index (κ3) is 5.03. The van der Waals surface area contributed by atoms with Crippen molar-refractivity contribution in [3.63, 3.8) is 0 Å². The highest BCUT2D eigenvalue weighted by Crippen LogP contribution is 2.14. The lowest BCUT2D eigenvalue weighted by molar-refractivity contribution is 0.0234. The number of benzene rings is 2. The Morgan fingerprint density at radius 2 is 1.70 bits per heavy atom. The molecule has 0 aliphatic carbocycles. The van der Waals surface area contributed by atoms with E-state index in [1.807, 2.05) is 68.4 Å². The molecule has 0 fully saturated rings. The Kier molecular flexibility index (Phi) is 5.59. The van der Waals surface area contributed by atoms with Gasteiger partial charge in [0.15, 0.2) is 0 Å². The number of nitrogens with one attached hydrogen (secondary N) is 1. The van der Waals surface area contributed by atoms with Crippen LogP contribution in [0.1, 0.15) is 25.0 Å². The van der Waals surface area contributed by atoms with Crippen molar-refractivity contribution in [3.8, 4) is 5.75 Å². The highest BCUT2D eigenvalue weighted by molar-refractivity contribution is 5.28. The minimum absolute atomic E-state index is 0.188. The van der Waals surface area contributed by atoms with Gasteiger partial charge in [-0.1, -0.05) is 42.5 Å². The third-order valence-corrected chi connectivity index (χ3v) is 2.73. The summed E-state index contributed by atoms with van der Waals surface area (Å²) in [6.45, 7) is 5.26. The first-order chi connectivity index (χ1) is 9.74. The molecule has 0 spiro atoms. The van der Waals surface area contributed by atoms with Gasteiger partial charge in [-0.15, -0.1) is 0 Å². The molecule has 3 nitrogen and oxygen atoms in total. The molecule has 0 unspecified atom stereocenters. The van der Waals surface area contributed by atoms with Gasteiger partial charge in [0.25, 0.3) is 0 Å². The monoisotopic (exact) mass is 271 g/mol. The number of hydroxylamine groups is 1. The maximum Gasteiger partial charge on any atom is 0.120 e. The van der Waals surface area contributed by atoms with Crippen LogP contribution in [0.5, 0.6) is 5.75 Å². The molecule has 1 N–H and O–H groups in total. The first-order valence-corrected chi connectivity index (χ1v) is 6.88. The van der Waals surface area contributed by atoms with Gasteiger partial charge in [-0.3, -0.25) is 4.84 Å². The topological polar surface area (TPSA) is 30.5 Å². The van der Waals surface area contributed by atoms with Crippen LogP contribution in [-0.4, -0.2) is 6.10 Å². The highest BCUT2D eigenvalue weighted by atomic mass is 16.6. The summed E-state index contributed by atoms with van der Waals surface area (Å²) in [5.74, 6) is 0.891. The Morgan fingerprint density at radius 1 is 0.950 bits per heavy atom. The zero-order valence-electron chi connectivity index (χ0n) is 12.0. The van der Waals surface area contributed by atoms with E-state index in [-0.39, 0.29) is 6.10 Å². The molecule has 0 aliphatic heterocycles. The van der Waals surface area contributed by atoms with Crippen LogP contribution >= 0.6 is 0 Å². The molecule has 0 amide bonds. The molecule has 0 saturated heterocycles. The second-order valence-electron chi connectivity index (χ2n) is 4.91. The molecule has 2 aromatic carbocycles. The Morgan fingerprint density at radius 3 is 2.45 bits per heavy atom. The van der Waals surface area contributed by atoms with Crippen LogP contribution < -0.4 is 10.2 Å². The van der Waals surface area contributed by atoms with Crippen molar-refractivity contribution in [1.82, 2.24) is 5.48 Å². The summed E-state index contributed by atoms with van der Waals surface area (Å²) >= 11 is 0. The Hall–Kier alpha value is -1.84.